The smallest absolute Gasteiger partial charge is 0.155 e. The van der Waals surface area contributed by atoms with Crippen molar-refractivity contribution in [3.8, 4) is 5.75 Å². The van der Waals surface area contributed by atoms with Crippen LogP contribution in [0.3, 0.4) is 0 Å². The largest absolute Gasteiger partial charge is 0.491 e. The average molecular weight is 414 g/mol. The van der Waals surface area contributed by atoms with Crippen molar-refractivity contribution >= 4 is 16.9 Å². The van der Waals surface area contributed by atoms with E-state index in [9.17, 15) is 0 Å². The van der Waals surface area contributed by atoms with Crippen LogP contribution in [0.5, 0.6) is 5.75 Å². The first kappa shape index (κ1) is 21.6. The van der Waals surface area contributed by atoms with Gasteiger partial charge in [0.2, 0.25) is 0 Å². The topological polar surface area (TPSA) is 99.4 Å². The number of aromatic nitrogens is 2. The maximum Gasteiger partial charge on any atom is 0.155 e. The predicted molar refractivity (Wildman–Crippen MR) is 120 cm³/mol. The highest BCUT2D eigenvalue weighted by Gasteiger charge is 2.44. The Labute approximate surface area is 177 Å². The highest BCUT2D eigenvalue weighted by molar-refractivity contribution is 8.14. The molecule has 1 aromatic carbocycles. The van der Waals surface area contributed by atoms with E-state index in [4.69, 9.17) is 21.2 Å². The number of hydrogen-bond acceptors (Lipinski definition) is 7. The summed E-state index contributed by atoms with van der Waals surface area (Å²) in [6.45, 7) is 11.0. The Morgan fingerprint density at radius 2 is 1.97 bits per heavy atom. The maximum absolute atomic E-state index is 6.39. The zero-order valence-corrected chi connectivity index (χ0v) is 18.7. The molecule has 0 saturated heterocycles. The fourth-order valence-corrected chi connectivity index (χ4v) is 5.00. The van der Waals surface area contributed by atoms with Crippen LogP contribution in [0.4, 0.5) is 0 Å². The number of aliphatic imine (C=N–C) groups is 1. The second-order valence-electron chi connectivity index (χ2n) is 8.72. The third-order valence-corrected chi connectivity index (χ3v) is 6.34. The normalized spacial score (nSPS) is 23.7. The van der Waals surface area contributed by atoms with E-state index in [1.165, 1.54) is 11.8 Å². The van der Waals surface area contributed by atoms with Gasteiger partial charge in [-0.05, 0) is 62.4 Å². The Morgan fingerprint density at radius 1 is 1.28 bits per heavy atom. The molecule has 0 bridgehead atoms. The molecule has 0 amide bonds. The molecule has 0 spiro atoms. The van der Waals surface area contributed by atoms with Gasteiger partial charge in [0, 0.05) is 17.9 Å². The van der Waals surface area contributed by atoms with E-state index in [0.717, 1.165) is 29.1 Å². The lowest BCUT2D eigenvalue weighted by molar-refractivity contribution is 0.205. The lowest BCUT2D eigenvalue weighted by atomic mass is 9.87. The van der Waals surface area contributed by atoms with Crippen molar-refractivity contribution in [1.29, 1.82) is 0 Å². The molecule has 4 N–H and O–H groups in total. The lowest BCUT2D eigenvalue weighted by Crippen LogP contribution is -2.43. The fourth-order valence-electron chi connectivity index (χ4n) is 3.88. The monoisotopic (exact) mass is 413 g/mol. The number of nitrogens with two attached hydrogens (primary N) is 2. The number of hydrogen-bond donors (Lipinski definition) is 2. The maximum atomic E-state index is 6.39. The van der Waals surface area contributed by atoms with E-state index in [1.807, 2.05) is 26.0 Å². The number of benzene rings is 1. The molecule has 3 atom stereocenters. The number of amidine groups is 1. The van der Waals surface area contributed by atoms with Crippen LogP contribution in [0, 0.1) is 12.8 Å². The highest BCUT2D eigenvalue weighted by Crippen LogP contribution is 2.51. The van der Waals surface area contributed by atoms with Gasteiger partial charge in [0.25, 0.3) is 0 Å². The van der Waals surface area contributed by atoms with E-state index >= 15 is 0 Å². The van der Waals surface area contributed by atoms with E-state index in [-0.39, 0.29) is 10.8 Å². The Hall–Kier alpha value is -2.12. The molecule has 6 nitrogen and oxygen atoms in total. The van der Waals surface area contributed by atoms with E-state index in [2.05, 4.69) is 42.9 Å². The first-order chi connectivity index (χ1) is 13.6. The second kappa shape index (κ2) is 8.32. The Morgan fingerprint density at radius 3 is 2.59 bits per heavy atom. The standard InChI is InChI=1S/C22H31N5OS/c1-14(2)12-21(4,24)13-28-17-8-7-16(11-15(17)3)22(5)18(29-20(23)27-22)19-25-9-6-10-26-19/h6-11,14,18H,12-13,24H2,1-5H3,(H2,23,27). The summed E-state index contributed by atoms with van der Waals surface area (Å²) in [5.41, 5.74) is 13.7. The van der Waals surface area contributed by atoms with Crippen molar-refractivity contribution < 1.29 is 4.74 Å². The minimum absolute atomic E-state index is 0.0757. The van der Waals surface area contributed by atoms with Crippen molar-refractivity contribution in [3.63, 3.8) is 0 Å². The molecule has 3 unspecified atom stereocenters. The lowest BCUT2D eigenvalue weighted by Gasteiger charge is -2.29. The summed E-state index contributed by atoms with van der Waals surface area (Å²) in [7, 11) is 0. The van der Waals surface area contributed by atoms with Gasteiger partial charge in [-0.15, -0.1) is 0 Å². The van der Waals surface area contributed by atoms with Crippen LogP contribution in [-0.2, 0) is 5.54 Å². The summed E-state index contributed by atoms with van der Waals surface area (Å²) in [6, 6.07) is 7.98. The first-order valence-electron chi connectivity index (χ1n) is 9.92. The Balaban J connectivity index is 1.83. The van der Waals surface area contributed by atoms with Crippen molar-refractivity contribution in [2.24, 2.45) is 22.4 Å². The molecule has 7 heteroatoms. The quantitative estimate of drug-likeness (QED) is 0.713. The highest BCUT2D eigenvalue weighted by atomic mass is 32.2. The molecule has 156 valence electrons. The summed E-state index contributed by atoms with van der Waals surface area (Å²) in [5.74, 6) is 2.10. The first-order valence-corrected chi connectivity index (χ1v) is 10.8. The fraction of sp³-hybridized carbons (Fsp3) is 0.500. The van der Waals surface area contributed by atoms with Crippen LogP contribution in [0.25, 0.3) is 0 Å². The van der Waals surface area contributed by atoms with Gasteiger partial charge in [-0.1, -0.05) is 31.7 Å². The van der Waals surface area contributed by atoms with Crippen LogP contribution in [0.2, 0.25) is 0 Å². The molecule has 2 aromatic rings. The Kier molecular flexibility index (Phi) is 6.19. The van der Waals surface area contributed by atoms with E-state index < -0.39 is 5.54 Å². The molecule has 0 radical (unpaired) electrons. The number of aryl methyl sites for hydroxylation is 1. The summed E-state index contributed by atoms with van der Waals surface area (Å²) >= 11 is 1.50. The van der Waals surface area contributed by atoms with Crippen LogP contribution in [-0.4, -0.2) is 27.3 Å². The third-order valence-electron chi connectivity index (χ3n) is 5.10. The van der Waals surface area contributed by atoms with E-state index in [1.54, 1.807) is 12.4 Å². The van der Waals surface area contributed by atoms with Gasteiger partial charge < -0.3 is 16.2 Å². The second-order valence-corrected chi connectivity index (χ2v) is 9.85. The summed E-state index contributed by atoms with van der Waals surface area (Å²) in [4.78, 5) is 13.6. The molecule has 2 heterocycles. The van der Waals surface area contributed by atoms with Gasteiger partial charge in [-0.3, -0.25) is 0 Å². The third kappa shape index (κ3) is 4.90. The van der Waals surface area contributed by atoms with Gasteiger partial charge in [-0.2, -0.15) is 0 Å². The van der Waals surface area contributed by atoms with Crippen LogP contribution >= 0.6 is 11.8 Å². The van der Waals surface area contributed by atoms with Crippen molar-refractivity contribution in [2.75, 3.05) is 6.61 Å². The predicted octanol–water partition coefficient (Wildman–Crippen LogP) is 3.95. The van der Waals surface area contributed by atoms with Gasteiger partial charge in [0.05, 0.1) is 0 Å². The van der Waals surface area contributed by atoms with Crippen molar-refractivity contribution in [1.82, 2.24) is 9.97 Å². The Bertz CT molecular complexity index is 884. The van der Waals surface area contributed by atoms with Crippen molar-refractivity contribution in [2.45, 2.75) is 57.4 Å². The van der Waals surface area contributed by atoms with Gasteiger partial charge in [0.1, 0.15) is 29.0 Å². The molecule has 1 aliphatic rings. The van der Waals surface area contributed by atoms with Crippen LogP contribution < -0.4 is 16.2 Å². The molecule has 1 aromatic heterocycles. The van der Waals surface area contributed by atoms with E-state index in [0.29, 0.717) is 17.7 Å². The van der Waals surface area contributed by atoms with Crippen LogP contribution in [0.15, 0.2) is 41.7 Å². The summed E-state index contributed by atoms with van der Waals surface area (Å²) in [5, 5.41) is 0.476. The number of rotatable bonds is 7. The molecule has 0 fully saturated rings. The van der Waals surface area contributed by atoms with Gasteiger partial charge in [-0.25, -0.2) is 15.0 Å². The number of thioether (sulfide) groups is 1. The zero-order chi connectivity index (χ0) is 21.2. The number of nitrogens with zero attached hydrogens (tertiary/aromatic N) is 3. The number of ether oxygens (including phenoxy) is 1. The average Bonchev–Trinajstić information content (AvgIpc) is 2.96. The molecular weight excluding hydrogens is 382 g/mol. The molecule has 29 heavy (non-hydrogen) atoms. The zero-order valence-electron chi connectivity index (χ0n) is 17.8. The SMILES string of the molecule is Cc1cc(C2(C)N=C(N)SC2c2ncccn2)ccc1OCC(C)(N)CC(C)C. The summed E-state index contributed by atoms with van der Waals surface area (Å²) in [6.07, 6.45) is 4.41. The molecule has 0 aliphatic carbocycles. The minimum Gasteiger partial charge on any atom is -0.491 e. The molecule has 1 aliphatic heterocycles. The van der Waals surface area contributed by atoms with Crippen LogP contribution in [0.1, 0.15) is 56.3 Å². The molecule has 3 rings (SSSR count). The minimum atomic E-state index is -0.542. The van der Waals surface area contributed by atoms with Gasteiger partial charge >= 0.3 is 0 Å². The molecule has 0 saturated carbocycles. The van der Waals surface area contributed by atoms with Gasteiger partial charge in [0.15, 0.2) is 5.17 Å². The summed E-state index contributed by atoms with van der Waals surface area (Å²) < 4.78 is 6.07. The molecular formula is C22H31N5OS. The van der Waals surface area contributed by atoms with Crippen molar-refractivity contribution in [3.05, 3.63) is 53.6 Å².